The quantitative estimate of drug-likeness (QED) is 0.707. The van der Waals surface area contributed by atoms with E-state index in [1.54, 1.807) is 14.0 Å². The molecule has 0 atom stereocenters. The van der Waals surface area contributed by atoms with Gasteiger partial charge in [0.15, 0.2) is 0 Å². The molecule has 0 saturated carbocycles. The number of carbonyl (C=O) groups excluding carboxylic acids is 1. The number of rotatable bonds is 2. The summed E-state index contributed by atoms with van der Waals surface area (Å²) in [5.41, 5.74) is 0. The van der Waals surface area contributed by atoms with Crippen LogP contribution in [0.1, 0.15) is 6.92 Å². The van der Waals surface area contributed by atoms with Crippen LogP contribution >= 0.6 is 11.3 Å². The van der Waals surface area contributed by atoms with Gasteiger partial charge >= 0.3 is 6.09 Å². The molecule has 4 heteroatoms. The zero-order chi connectivity index (χ0) is 8.97. The number of amides is 1. The van der Waals surface area contributed by atoms with Crippen LogP contribution in [0.5, 0.6) is 0 Å². The van der Waals surface area contributed by atoms with E-state index >= 15 is 0 Å². The standard InChI is InChI=1S/C8H11NO2S/c1-3-11-8(10)9(2)7-5-4-6-12-7/h4-6H,3H2,1-2H3. The van der Waals surface area contributed by atoms with Gasteiger partial charge < -0.3 is 4.74 Å². The van der Waals surface area contributed by atoms with Gasteiger partial charge in [0.2, 0.25) is 0 Å². The number of nitrogens with zero attached hydrogens (tertiary/aromatic N) is 1. The minimum absolute atomic E-state index is 0.306. The molecule has 12 heavy (non-hydrogen) atoms. The number of carbonyl (C=O) groups is 1. The van der Waals surface area contributed by atoms with Crippen LogP contribution in [0.25, 0.3) is 0 Å². The lowest BCUT2D eigenvalue weighted by molar-refractivity contribution is 0.161. The zero-order valence-electron chi connectivity index (χ0n) is 7.11. The van der Waals surface area contributed by atoms with Crippen molar-refractivity contribution in [3.05, 3.63) is 17.5 Å². The van der Waals surface area contributed by atoms with Crippen molar-refractivity contribution in [2.75, 3.05) is 18.6 Å². The summed E-state index contributed by atoms with van der Waals surface area (Å²) in [6, 6.07) is 3.78. The van der Waals surface area contributed by atoms with E-state index in [9.17, 15) is 4.79 Å². The third-order valence-electron chi connectivity index (χ3n) is 1.38. The number of thiophene rings is 1. The van der Waals surface area contributed by atoms with Gasteiger partial charge in [-0.2, -0.15) is 0 Å². The summed E-state index contributed by atoms with van der Waals surface area (Å²) in [4.78, 5) is 12.6. The Morgan fingerprint density at radius 3 is 3.00 bits per heavy atom. The molecular formula is C8H11NO2S. The molecular weight excluding hydrogens is 174 g/mol. The van der Waals surface area contributed by atoms with Gasteiger partial charge in [0.25, 0.3) is 0 Å². The van der Waals surface area contributed by atoms with E-state index < -0.39 is 0 Å². The van der Waals surface area contributed by atoms with E-state index in [4.69, 9.17) is 4.74 Å². The third-order valence-corrected chi connectivity index (χ3v) is 2.32. The van der Waals surface area contributed by atoms with Gasteiger partial charge in [0.1, 0.15) is 5.00 Å². The minimum atomic E-state index is -0.306. The second-order valence-electron chi connectivity index (χ2n) is 2.21. The van der Waals surface area contributed by atoms with Crippen molar-refractivity contribution in [1.29, 1.82) is 0 Å². The number of anilines is 1. The first-order chi connectivity index (χ1) is 5.75. The lowest BCUT2D eigenvalue weighted by atomic mass is 10.6. The van der Waals surface area contributed by atoms with Crippen molar-refractivity contribution in [1.82, 2.24) is 0 Å². The molecule has 0 aromatic carbocycles. The van der Waals surface area contributed by atoms with Gasteiger partial charge in [-0.3, -0.25) is 4.90 Å². The highest BCUT2D eigenvalue weighted by molar-refractivity contribution is 7.14. The number of ether oxygens (including phenoxy) is 1. The Morgan fingerprint density at radius 2 is 2.50 bits per heavy atom. The number of hydrogen-bond donors (Lipinski definition) is 0. The van der Waals surface area contributed by atoms with Crippen LogP contribution in [-0.2, 0) is 4.74 Å². The Hall–Kier alpha value is -1.03. The maximum atomic E-state index is 11.2. The van der Waals surface area contributed by atoms with Gasteiger partial charge in [0.05, 0.1) is 6.61 Å². The van der Waals surface area contributed by atoms with Crippen molar-refractivity contribution < 1.29 is 9.53 Å². The average molecular weight is 185 g/mol. The van der Waals surface area contributed by atoms with Crippen LogP contribution in [0, 0.1) is 0 Å². The van der Waals surface area contributed by atoms with Crippen LogP contribution in [0.3, 0.4) is 0 Å². The summed E-state index contributed by atoms with van der Waals surface area (Å²) >= 11 is 1.51. The fraction of sp³-hybridized carbons (Fsp3) is 0.375. The lowest BCUT2D eigenvalue weighted by Gasteiger charge is -2.13. The highest BCUT2D eigenvalue weighted by Crippen LogP contribution is 2.19. The first-order valence-electron chi connectivity index (χ1n) is 3.69. The van der Waals surface area contributed by atoms with E-state index in [2.05, 4.69) is 0 Å². The fourth-order valence-corrected chi connectivity index (χ4v) is 1.46. The molecule has 1 heterocycles. The Bertz CT molecular complexity index is 246. The van der Waals surface area contributed by atoms with E-state index in [1.165, 1.54) is 16.2 Å². The molecule has 0 fully saturated rings. The molecule has 0 radical (unpaired) electrons. The van der Waals surface area contributed by atoms with Crippen molar-refractivity contribution in [3.63, 3.8) is 0 Å². The average Bonchev–Trinajstić information content (AvgIpc) is 2.55. The third kappa shape index (κ3) is 1.98. The SMILES string of the molecule is CCOC(=O)N(C)c1cccs1. The molecule has 66 valence electrons. The van der Waals surface area contributed by atoms with E-state index in [1.807, 2.05) is 17.5 Å². The molecule has 0 aliphatic carbocycles. The molecule has 0 saturated heterocycles. The van der Waals surface area contributed by atoms with Crippen molar-refractivity contribution in [3.8, 4) is 0 Å². The molecule has 0 N–H and O–H groups in total. The monoisotopic (exact) mass is 185 g/mol. The normalized spacial score (nSPS) is 9.50. The van der Waals surface area contributed by atoms with Gasteiger partial charge in [-0.25, -0.2) is 4.79 Å². The Labute approximate surface area is 75.6 Å². The van der Waals surface area contributed by atoms with Crippen LogP contribution < -0.4 is 4.90 Å². The predicted molar refractivity (Wildman–Crippen MR) is 49.7 cm³/mol. The molecule has 3 nitrogen and oxygen atoms in total. The molecule has 1 aromatic heterocycles. The summed E-state index contributed by atoms with van der Waals surface area (Å²) in [5.74, 6) is 0. The van der Waals surface area contributed by atoms with Crippen LogP contribution in [0.15, 0.2) is 17.5 Å². The van der Waals surface area contributed by atoms with E-state index in [0.717, 1.165) is 5.00 Å². The van der Waals surface area contributed by atoms with Crippen molar-refractivity contribution >= 4 is 22.4 Å². The fourth-order valence-electron chi connectivity index (χ4n) is 0.771. The van der Waals surface area contributed by atoms with Gasteiger partial charge in [-0.15, -0.1) is 11.3 Å². The Balaban J connectivity index is 2.59. The molecule has 1 rings (SSSR count). The molecule has 0 unspecified atom stereocenters. The first-order valence-corrected chi connectivity index (χ1v) is 4.57. The Morgan fingerprint density at radius 1 is 1.75 bits per heavy atom. The van der Waals surface area contributed by atoms with E-state index in [-0.39, 0.29) is 6.09 Å². The predicted octanol–water partition coefficient (Wildman–Crippen LogP) is 2.34. The Kier molecular flexibility index (Phi) is 3.10. The van der Waals surface area contributed by atoms with Crippen molar-refractivity contribution in [2.24, 2.45) is 0 Å². The summed E-state index contributed by atoms with van der Waals surface area (Å²) in [5, 5.41) is 2.82. The largest absolute Gasteiger partial charge is 0.449 e. The molecule has 0 bridgehead atoms. The highest BCUT2D eigenvalue weighted by Gasteiger charge is 2.11. The van der Waals surface area contributed by atoms with Crippen molar-refractivity contribution in [2.45, 2.75) is 6.92 Å². The smallest absolute Gasteiger partial charge is 0.414 e. The molecule has 0 aliphatic heterocycles. The van der Waals surface area contributed by atoms with Gasteiger partial charge in [-0.05, 0) is 24.4 Å². The van der Waals surface area contributed by atoms with Crippen LogP contribution in [-0.4, -0.2) is 19.7 Å². The topological polar surface area (TPSA) is 29.5 Å². The maximum absolute atomic E-state index is 11.2. The first kappa shape index (κ1) is 9.06. The molecule has 0 spiro atoms. The molecule has 1 amide bonds. The van der Waals surface area contributed by atoms with Crippen LogP contribution in [0.2, 0.25) is 0 Å². The summed E-state index contributed by atoms with van der Waals surface area (Å²) in [6.07, 6.45) is -0.306. The van der Waals surface area contributed by atoms with Gasteiger partial charge in [-0.1, -0.05) is 0 Å². The van der Waals surface area contributed by atoms with Gasteiger partial charge in [0, 0.05) is 7.05 Å². The highest BCUT2D eigenvalue weighted by atomic mass is 32.1. The summed E-state index contributed by atoms with van der Waals surface area (Å²) < 4.78 is 4.82. The molecule has 0 aliphatic rings. The maximum Gasteiger partial charge on any atom is 0.414 e. The zero-order valence-corrected chi connectivity index (χ0v) is 7.93. The summed E-state index contributed by atoms with van der Waals surface area (Å²) in [6.45, 7) is 2.20. The lowest BCUT2D eigenvalue weighted by Crippen LogP contribution is -2.25. The summed E-state index contributed by atoms with van der Waals surface area (Å²) in [7, 11) is 1.70. The second-order valence-corrected chi connectivity index (χ2v) is 3.14. The number of hydrogen-bond acceptors (Lipinski definition) is 3. The second kappa shape index (κ2) is 4.11. The van der Waals surface area contributed by atoms with E-state index in [0.29, 0.717) is 6.61 Å². The van der Waals surface area contributed by atoms with Crippen LogP contribution in [0.4, 0.5) is 9.80 Å². The minimum Gasteiger partial charge on any atom is -0.449 e. The molecule has 1 aromatic rings.